The molecule has 0 saturated heterocycles. The maximum atomic E-state index is 12.6. The predicted molar refractivity (Wildman–Crippen MR) is 98.6 cm³/mol. The minimum atomic E-state index is -1.02. The monoisotopic (exact) mass is 356 g/mol. The van der Waals surface area contributed by atoms with Gasteiger partial charge in [0.05, 0.1) is 35.3 Å². The number of aromatic amines is 1. The number of aliphatic hydroxyl groups is 1. The van der Waals surface area contributed by atoms with Gasteiger partial charge in [0.2, 0.25) is 0 Å². The molecule has 3 aromatic rings. The third-order valence-corrected chi connectivity index (χ3v) is 4.41. The molecule has 0 aromatic carbocycles. The minimum Gasteiger partial charge on any atom is -0.388 e. The molecule has 3 aromatic heterocycles. The molecular formula is C18H24N6O2. The van der Waals surface area contributed by atoms with Gasteiger partial charge in [-0.1, -0.05) is 6.92 Å². The summed E-state index contributed by atoms with van der Waals surface area (Å²) in [4.78, 5) is 24.5. The van der Waals surface area contributed by atoms with Gasteiger partial charge < -0.3 is 15.4 Å². The van der Waals surface area contributed by atoms with Crippen molar-refractivity contribution in [3.05, 3.63) is 30.4 Å². The first-order chi connectivity index (χ1) is 12.3. The molecule has 26 heavy (non-hydrogen) atoms. The predicted octanol–water partition coefficient (Wildman–Crippen LogP) is 2.12. The molecule has 1 atom stereocenters. The van der Waals surface area contributed by atoms with E-state index in [4.69, 9.17) is 0 Å². The zero-order chi connectivity index (χ0) is 18.9. The molecular weight excluding hydrogens is 332 g/mol. The molecule has 0 fully saturated rings. The number of hydrogen-bond donors (Lipinski definition) is 3. The minimum absolute atomic E-state index is 0.306. The van der Waals surface area contributed by atoms with Gasteiger partial charge in [0.25, 0.3) is 5.91 Å². The van der Waals surface area contributed by atoms with E-state index in [2.05, 4.69) is 32.3 Å². The lowest BCUT2D eigenvalue weighted by Crippen LogP contribution is -2.47. The molecule has 0 radical (unpaired) electrons. The average Bonchev–Trinajstić information content (AvgIpc) is 3.20. The Labute approximate surface area is 151 Å². The number of aryl methyl sites for hydroxylation is 1. The molecule has 0 spiro atoms. The van der Waals surface area contributed by atoms with Crippen molar-refractivity contribution in [2.45, 2.75) is 52.3 Å². The summed E-state index contributed by atoms with van der Waals surface area (Å²) in [6, 6.07) is -0.414. The molecule has 8 heteroatoms. The van der Waals surface area contributed by atoms with Crippen molar-refractivity contribution in [2.24, 2.45) is 0 Å². The molecule has 3 rings (SSSR count). The van der Waals surface area contributed by atoms with Crippen molar-refractivity contribution >= 4 is 17.1 Å². The highest BCUT2D eigenvalue weighted by atomic mass is 16.3. The number of carbonyl (C=O) groups excluding carboxylic acids is 1. The topological polar surface area (TPSA) is 109 Å². The summed E-state index contributed by atoms with van der Waals surface area (Å²) in [5.74, 6) is -0.306. The second-order valence-electron chi connectivity index (χ2n) is 7.00. The molecule has 1 unspecified atom stereocenters. The van der Waals surface area contributed by atoms with Crippen LogP contribution in [0.3, 0.4) is 0 Å². The first kappa shape index (κ1) is 18.1. The summed E-state index contributed by atoms with van der Waals surface area (Å²) >= 11 is 0. The summed E-state index contributed by atoms with van der Waals surface area (Å²) in [7, 11) is 0. The fourth-order valence-corrected chi connectivity index (χ4v) is 2.50. The van der Waals surface area contributed by atoms with Gasteiger partial charge in [-0.15, -0.1) is 0 Å². The number of nitrogens with zero attached hydrogens (tertiary/aromatic N) is 4. The molecule has 3 heterocycles. The van der Waals surface area contributed by atoms with Crippen molar-refractivity contribution in [3.8, 4) is 11.3 Å². The van der Waals surface area contributed by atoms with Crippen LogP contribution in [0.5, 0.6) is 0 Å². The third-order valence-electron chi connectivity index (χ3n) is 4.41. The molecule has 1 amide bonds. The van der Waals surface area contributed by atoms with Crippen LogP contribution in [0.25, 0.3) is 22.4 Å². The number of carbonyl (C=O) groups is 1. The number of amides is 1. The van der Waals surface area contributed by atoms with Gasteiger partial charge in [-0.2, -0.15) is 5.10 Å². The third kappa shape index (κ3) is 3.60. The Morgan fingerprint density at radius 3 is 2.88 bits per heavy atom. The van der Waals surface area contributed by atoms with E-state index in [1.165, 1.54) is 0 Å². The first-order valence-corrected chi connectivity index (χ1v) is 8.69. The van der Waals surface area contributed by atoms with Crippen LogP contribution < -0.4 is 5.32 Å². The Hall–Kier alpha value is -2.74. The molecule has 0 aliphatic heterocycles. The molecule has 8 nitrogen and oxygen atoms in total. The molecule has 3 N–H and O–H groups in total. The van der Waals surface area contributed by atoms with Crippen LogP contribution in [0, 0.1) is 0 Å². The van der Waals surface area contributed by atoms with E-state index in [1.807, 2.05) is 10.9 Å². The smallest absolute Gasteiger partial charge is 0.255 e. The van der Waals surface area contributed by atoms with Crippen LogP contribution in [-0.4, -0.2) is 47.4 Å². The highest BCUT2D eigenvalue weighted by Gasteiger charge is 2.25. The fourth-order valence-electron chi connectivity index (χ4n) is 2.50. The molecule has 0 bridgehead atoms. The lowest BCUT2D eigenvalue weighted by atomic mass is 10.0. The molecule has 138 valence electrons. The molecule has 0 saturated carbocycles. The first-order valence-electron chi connectivity index (χ1n) is 8.69. The van der Waals surface area contributed by atoms with Gasteiger partial charge in [-0.25, -0.2) is 9.97 Å². The molecule has 0 aliphatic rings. The van der Waals surface area contributed by atoms with E-state index in [1.54, 1.807) is 39.4 Å². The Bertz CT molecular complexity index is 921. The van der Waals surface area contributed by atoms with Crippen LogP contribution in [0.1, 0.15) is 44.5 Å². The number of H-pyrrole nitrogens is 1. The van der Waals surface area contributed by atoms with Crippen molar-refractivity contribution in [3.63, 3.8) is 0 Å². The average molecular weight is 356 g/mol. The SMILES string of the molecule is CCCn1cc(-c2cnc3[nH]cc(C(=O)NC(C)C(C)(C)O)c3n2)cn1. The highest BCUT2D eigenvalue weighted by molar-refractivity contribution is 6.04. The summed E-state index contributed by atoms with van der Waals surface area (Å²) in [6.45, 7) is 7.99. The maximum Gasteiger partial charge on any atom is 0.255 e. The zero-order valence-corrected chi connectivity index (χ0v) is 15.4. The normalized spacial score (nSPS) is 13.1. The van der Waals surface area contributed by atoms with E-state index in [0.717, 1.165) is 18.5 Å². The Kier molecular flexibility index (Phi) is 4.78. The Balaban J connectivity index is 1.91. The van der Waals surface area contributed by atoms with Gasteiger partial charge in [-0.3, -0.25) is 9.48 Å². The van der Waals surface area contributed by atoms with Gasteiger partial charge in [0.1, 0.15) is 5.52 Å². The Morgan fingerprint density at radius 1 is 1.42 bits per heavy atom. The van der Waals surface area contributed by atoms with E-state index < -0.39 is 11.6 Å². The Morgan fingerprint density at radius 2 is 2.19 bits per heavy atom. The van der Waals surface area contributed by atoms with Crippen LogP contribution in [0.15, 0.2) is 24.8 Å². The van der Waals surface area contributed by atoms with E-state index in [-0.39, 0.29) is 5.91 Å². The number of rotatable bonds is 6. The standard InChI is InChI=1S/C18H24N6O2/c1-5-6-24-10-12(7-21-24)14-9-20-16-15(23-14)13(8-19-16)17(25)22-11(2)18(3,4)26/h7-11,26H,5-6H2,1-4H3,(H,19,20)(H,22,25). The van der Waals surface area contributed by atoms with Crippen LogP contribution >= 0.6 is 0 Å². The summed E-state index contributed by atoms with van der Waals surface area (Å²) < 4.78 is 1.86. The van der Waals surface area contributed by atoms with Gasteiger partial charge in [-0.05, 0) is 27.2 Å². The van der Waals surface area contributed by atoms with Crippen molar-refractivity contribution in [2.75, 3.05) is 0 Å². The zero-order valence-electron chi connectivity index (χ0n) is 15.4. The number of nitrogens with one attached hydrogen (secondary N) is 2. The van der Waals surface area contributed by atoms with E-state index in [0.29, 0.717) is 22.4 Å². The van der Waals surface area contributed by atoms with Gasteiger partial charge >= 0.3 is 0 Å². The number of aromatic nitrogens is 5. The quantitative estimate of drug-likeness (QED) is 0.627. The van der Waals surface area contributed by atoms with E-state index in [9.17, 15) is 9.90 Å². The van der Waals surface area contributed by atoms with Crippen LogP contribution in [0.4, 0.5) is 0 Å². The molecule has 0 aliphatic carbocycles. The van der Waals surface area contributed by atoms with Crippen molar-refractivity contribution in [1.82, 2.24) is 30.0 Å². The summed E-state index contributed by atoms with van der Waals surface area (Å²) in [5.41, 5.74) is 1.91. The van der Waals surface area contributed by atoms with Crippen LogP contribution in [0.2, 0.25) is 0 Å². The van der Waals surface area contributed by atoms with Crippen molar-refractivity contribution < 1.29 is 9.90 Å². The van der Waals surface area contributed by atoms with Crippen molar-refractivity contribution in [1.29, 1.82) is 0 Å². The second kappa shape index (κ2) is 6.87. The fraction of sp³-hybridized carbons (Fsp3) is 0.444. The number of fused-ring (bicyclic) bond motifs is 1. The van der Waals surface area contributed by atoms with Crippen LogP contribution in [-0.2, 0) is 6.54 Å². The largest absolute Gasteiger partial charge is 0.388 e. The van der Waals surface area contributed by atoms with E-state index >= 15 is 0 Å². The van der Waals surface area contributed by atoms with Gasteiger partial charge in [0.15, 0.2) is 5.65 Å². The number of hydrogen-bond acceptors (Lipinski definition) is 5. The summed E-state index contributed by atoms with van der Waals surface area (Å²) in [6.07, 6.45) is 7.90. The second-order valence-corrected chi connectivity index (χ2v) is 7.00. The lowest BCUT2D eigenvalue weighted by Gasteiger charge is -2.26. The van der Waals surface area contributed by atoms with Gasteiger partial charge in [0, 0.05) is 24.5 Å². The highest BCUT2D eigenvalue weighted by Crippen LogP contribution is 2.21. The lowest BCUT2D eigenvalue weighted by molar-refractivity contribution is 0.0409. The summed E-state index contributed by atoms with van der Waals surface area (Å²) in [5, 5.41) is 17.1. The maximum absolute atomic E-state index is 12.6.